The molecule has 0 fully saturated rings. The molecule has 0 radical (unpaired) electrons. The molecular formula is C29H34N4S. The largest absolute Gasteiger partial charge is 0.353 e. The normalized spacial score (nSPS) is 11.2. The molecule has 0 atom stereocenters. The van der Waals surface area contributed by atoms with Gasteiger partial charge in [-0.1, -0.05) is 44.5 Å². The molecule has 176 valence electrons. The van der Waals surface area contributed by atoms with Gasteiger partial charge in [0.2, 0.25) is 0 Å². The molecular weight excluding hydrogens is 436 g/mol. The van der Waals surface area contributed by atoms with Crippen LogP contribution >= 0.6 is 11.3 Å². The van der Waals surface area contributed by atoms with Crippen LogP contribution in [0.4, 0.5) is 0 Å². The summed E-state index contributed by atoms with van der Waals surface area (Å²) in [4.78, 5) is 5.92. The Kier molecular flexibility index (Phi) is 7.76. The van der Waals surface area contributed by atoms with Gasteiger partial charge in [-0.15, -0.1) is 11.3 Å². The highest BCUT2D eigenvalue weighted by Gasteiger charge is 2.17. The van der Waals surface area contributed by atoms with Crippen LogP contribution in [0.25, 0.3) is 22.4 Å². The Morgan fingerprint density at radius 3 is 2.59 bits per heavy atom. The van der Waals surface area contributed by atoms with Gasteiger partial charge in [-0.25, -0.2) is 0 Å². The van der Waals surface area contributed by atoms with E-state index in [2.05, 4.69) is 72.6 Å². The van der Waals surface area contributed by atoms with Gasteiger partial charge >= 0.3 is 0 Å². The maximum absolute atomic E-state index is 8.92. The lowest BCUT2D eigenvalue weighted by Crippen LogP contribution is -2.05. The maximum Gasteiger partial charge on any atom is 0.0726 e. The first-order valence-electron chi connectivity index (χ1n) is 12.2. The van der Waals surface area contributed by atoms with Crippen LogP contribution in [0.5, 0.6) is 0 Å². The molecule has 0 unspecified atom stereocenters. The number of benzene rings is 1. The van der Waals surface area contributed by atoms with Gasteiger partial charge in [0.25, 0.3) is 0 Å². The van der Waals surface area contributed by atoms with Crippen molar-refractivity contribution in [3.05, 3.63) is 87.5 Å². The second-order valence-electron chi connectivity index (χ2n) is 8.84. The first-order chi connectivity index (χ1) is 16.5. The molecule has 4 nitrogen and oxygen atoms in total. The second kappa shape index (κ2) is 10.9. The summed E-state index contributed by atoms with van der Waals surface area (Å²) in [6, 6.07) is 14.9. The van der Waals surface area contributed by atoms with Crippen LogP contribution < -0.4 is 5.73 Å². The van der Waals surface area contributed by atoms with Gasteiger partial charge in [-0.2, -0.15) is 0 Å². The van der Waals surface area contributed by atoms with Crippen LogP contribution in [0.1, 0.15) is 60.4 Å². The molecule has 3 heterocycles. The lowest BCUT2D eigenvalue weighted by molar-refractivity contribution is 0.684. The standard InChI is InChI=1S/C29H34N4S/c1-4-6-9-21-14-22(11-12-25(21)29(31)23-15-24(16-30)34-19-23)26-17-33(13-5-2)18-27(26)28-10-7-8-20(3)32-28/h7-8,10-12,14-15,17-19,31H,4-6,9,13,16,30H2,1-3H3. The highest BCUT2D eigenvalue weighted by Crippen LogP contribution is 2.34. The fourth-order valence-corrected chi connectivity index (χ4v) is 5.13. The molecule has 3 aromatic heterocycles. The third-order valence-corrected chi connectivity index (χ3v) is 7.11. The van der Waals surface area contributed by atoms with E-state index >= 15 is 0 Å². The summed E-state index contributed by atoms with van der Waals surface area (Å²) >= 11 is 1.63. The van der Waals surface area contributed by atoms with E-state index in [1.54, 1.807) is 11.3 Å². The summed E-state index contributed by atoms with van der Waals surface area (Å²) in [7, 11) is 0. The topological polar surface area (TPSA) is 67.7 Å². The first-order valence-corrected chi connectivity index (χ1v) is 13.1. The minimum atomic E-state index is 0.518. The Labute approximate surface area is 207 Å². The van der Waals surface area contributed by atoms with Crippen LogP contribution in [-0.2, 0) is 19.5 Å². The van der Waals surface area contributed by atoms with Gasteiger partial charge < -0.3 is 10.3 Å². The number of nitrogens with one attached hydrogen (secondary N) is 1. The molecule has 0 amide bonds. The van der Waals surface area contributed by atoms with Crippen molar-refractivity contribution in [1.82, 2.24) is 9.55 Å². The van der Waals surface area contributed by atoms with Crippen molar-refractivity contribution in [2.75, 3.05) is 0 Å². The number of rotatable bonds is 10. The Morgan fingerprint density at radius 1 is 1.06 bits per heavy atom. The quantitative estimate of drug-likeness (QED) is 0.240. The smallest absolute Gasteiger partial charge is 0.0726 e. The predicted octanol–water partition coefficient (Wildman–Crippen LogP) is 7.21. The number of pyridine rings is 1. The van der Waals surface area contributed by atoms with E-state index in [1.807, 2.05) is 13.0 Å². The average molecular weight is 471 g/mol. The van der Waals surface area contributed by atoms with Crippen LogP contribution in [0.15, 0.2) is 60.2 Å². The number of unbranched alkanes of at least 4 members (excludes halogenated alkanes) is 1. The Bertz CT molecular complexity index is 1280. The van der Waals surface area contributed by atoms with E-state index in [0.717, 1.165) is 65.2 Å². The monoisotopic (exact) mass is 470 g/mol. The van der Waals surface area contributed by atoms with Crippen molar-refractivity contribution in [3.63, 3.8) is 0 Å². The molecule has 34 heavy (non-hydrogen) atoms. The fraction of sp³-hybridized carbons (Fsp3) is 0.310. The SMILES string of the molecule is CCCCc1cc(-c2cn(CCC)cc2-c2cccc(C)n2)ccc1C(=N)c1csc(CN)c1. The van der Waals surface area contributed by atoms with E-state index < -0.39 is 0 Å². The van der Waals surface area contributed by atoms with Crippen molar-refractivity contribution < 1.29 is 0 Å². The molecule has 0 saturated carbocycles. The predicted molar refractivity (Wildman–Crippen MR) is 145 cm³/mol. The lowest BCUT2D eigenvalue weighted by atomic mass is 9.91. The van der Waals surface area contributed by atoms with Gasteiger partial charge in [-0.3, -0.25) is 10.4 Å². The van der Waals surface area contributed by atoms with Gasteiger partial charge in [0.1, 0.15) is 0 Å². The lowest BCUT2D eigenvalue weighted by Gasteiger charge is -2.13. The summed E-state index contributed by atoms with van der Waals surface area (Å²) < 4.78 is 2.27. The van der Waals surface area contributed by atoms with Crippen LogP contribution in [0, 0.1) is 12.3 Å². The Morgan fingerprint density at radius 2 is 1.88 bits per heavy atom. The summed E-state index contributed by atoms with van der Waals surface area (Å²) in [5.74, 6) is 0. The van der Waals surface area contributed by atoms with E-state index in [0.29, 0.717) is 12.3 Å². The van der Waals surface area contributed by atoms with Crippen molar-refractivity contribution in [3.8, 4) is 22.4 Å². The summed E-state index contributed by atoms with van der Waals surface area (Å²) in [5.41, 5.74) is 15.2. The van der Waals surface area contributed by atoms with Crippen LogP contribution in [0.3, 0.4) is 0 Å². The average Bonchev–Trinajstić information content (AvgIpc) is 3.50. The zero-order valence-electron chi connectivity index (χ0n) is 20.4. The van der Waals surface area contributed by atoms with Crippen LogP contribution in [0.2, 0.25) is 0 Å². The van der Waals surface area contributed by atoms with E-state index in [1.165, 1.54) is 16.7 Å². The minimum Gasteiger partial charge on any atom is -0.353 e. The number of nitrogens with two attached hydrogens (primary N) is 1. The molecule has 0 bridgehead atoms. The van der Waals surface area contributed by atoms with Gasteiger partial charge in [-0.05, 0) is 55.5 Å². The number of thiophene rings is 1. The molecule has 4 rings (SSSR count). The van der Waals surface area contributed by atoms with Gasteiger partial charge in [0, 0.05) is 63.7 Å². The van der Waals surface area contributed by atoms with E-state index in [-0.39, 0.29) is 0 Å². The number of hydrogen-bond acceptors (Lipinski definition) is 4. The Hall–Kier alpha value is -3.02. The summed E-state index contributed by atoms with van der Waals surface area (Å²) in [5, 5.41) is 11.0. The van der Waals surface area contributed by atoms with Gasteiger partial charge in [0.15, 0.2) is 0 Å². The molecule has 0 saturated heterocycles. The van der Waals surface area contributed by atoms with Gasteiger partial charge in [0.05, 0.1) is 11.4 Å². The van der Waals surface area contributed by atoms with Crippen molar-refractivity contribution in [1.29, 1.82) is 5.41 Å². The fourth-order valence-electron chi connectivity index (χ4n) is 4.38. The van der Waals surface area contributed by atoms with E-state index in [9.17, 15) is 0 Å². The first kappa shape index (κ1) is 24.1. The third kappa shape index (κ3) is 5.21. The number of aromatic nitrogens is 2. The minimum absolute atomic E-state index is 0.518. The number of hydrogen-bond donors (Lipinski definition) is 2. The Balaban J connectivity index is 1.79. The highest BCUT2D eigenvalue weighted by atomic mass is 32.1. The zero-order valence-corrected chi connectivity index (χ0v) is 21.2. The molecule has 5 heteroatoms. The molecule has 3 N–H and O–H groups in total. The zero-order chi connectivity index (χ0) is 24.1. The molecule has 1 aromatic carbocycles. The molecule has 0 aliphatic heterocycles. The summed E-state index contributed by atoms with van der Waals surface area (Å²) in [6.45, 7) is 7.95. The second-order valence-corrected chi connectivity index (χ2v) is 9.84. The maximum atomic E-state index is 8.92. The summed E-state index contributed by atoms with van der Waals surface area (Å²) in [6.07, 6.45) is 8.74. The van der Waals surface area contributed by atoms with Crippen LogP contribution in [-0.4, -0.2) is 15.3 Å². The molecule has 0 spiro atoms. The number of aryl methyl sites for hydroxylation is 3. The van der Waals surface area contributed by atoms with Crippen molar-refractivity contribution in [2.24, 2.45) is 5.73 Å². The van der Waals surface area contributed by atoms with Crippen molar-refractivity contribution >= 4 is 17.0 Å². The molecule has 4 aromatic rings. The number of nitrogens with zero attached hydrogens (tertiary/aromatic N) is 2. The third-order valence-electron chi connectivity index (χ3n) is 6.15. The van der Waals surface area contributed by atoms with E-state index in [4.69, 9.17) is 16.1 Å². The molecule has 0 aliphatic carbocycles. The molecule has 0 aliphatic rings. The highest BCUT2D eigenvalue weighted by molar-refractivity contribution is 7.10. The van der Waals surface area contributed by atoms with Crippen molar-refractivity contribution in [2.45, 2.75) is 59.5 Å².